The zero-order valence-electron chi connectivity index (χ0n) is 9.24. The molecule has 0 aromatic rings. The first-order chi connectivity index (χ1) is 7.86. The molecule has 4 rings (SSSR count). The summed E-state index contributed by atoms with van der Waals surface area (Å²) in [5, 5.41) is 3.24. The van der Waals surface area contributed by atoms with Crippen molar-refractivity contribution < 1.29 is 0 Å². The molecule has 1 nitrogen and oxygen atoms in total. The number of rotatable bonds is 0. The highest BCUT2D eigenvalue weighted by molar-refractivity contribution is 5.52. The van der Waals surface area contributed by atoms with E-state index in [-0.39, 0.29) is 0 Å². The molecule has 3 aliphatic carbocycles. The molecule has 0 radical (unpaired) electrons. The average molecular weight is 209 g/mol. The van der Waals surface area contributed by atoms with E-state index < -0.39 is 0 Å². The fourth-order valence-electron chi connectivity index (χ4n) is 3.20. The zero-order valence-corrected chi connectivity index (χ0v) is 9.24. The molecule has 1 fully saturated rings. The van der Waals surface area contributed by atoms with Crippen LogP contribution in [0.3, 0.4) is 0 Å². The van der Waals surface area contributed by atoms with E-state index in [2.05, 4.69) is 48.1 Å². The number of allylic oxidation sites excluding steroid dienone is 8. The highest BCUT2D eigenvalue weighted by Gasteiger charge is 2.46. The lowest BCUT2D eigenvalue weighted by atomic mass is 9.72. The first-order valence-electron chi connectivity index (χ1n) is 6.09. The number of hydrogen-bond donors (Lipinski definition) is 1. The van der Waals surface area contributed by atoms with E-state index >= 15 is 0 Å². The Labute approximate surface area is 95.9 Å². The smallest absolute Gasteiger partial charge is 0.0314 e. The van der Waals surface area contributed by atoms with Gasteiger partial charge in [-0.25, -0.2) is 0 Å². The molecule has 1 N–H and O–H groups in total. The fraction of sp³-hybridized carbons (Fsp3) is 0.333. The first kappa shape index (κ1) is 8.63. The van der Waals surface area contributed by atoms with Gasteiger partial charge in [-0.2, -0.15) is 0 Å². The molecule has 16 heavy (non-hydrogen) atoms. The van der Waals surface area contributed by atoms with Gasteiger partial charge in [-0.15, -0.1) is 0 Å². The van der Waals surface area contributed by atoms with E-state index in [1.807, 2.05) is 0 Å². The first-order valence-corrected chi connectivity index (χ1v) is 6.09. The van der Waals surface area contributed by atoms with Gasteiger partial charge in [-0.1, -0.05) is 29.9 Å². The summed E-state index contributed by atoms with van der Waals surface area (Å²) in [5.41, 5.74) is 5.04. The maximum absolute atomic E-state index is 3.24. The lowest BCUT2D eigenvalue weighted by Crippen LogP contribution is -2.20. The van der Waals surface area contributed by atoms with Gasteiger partial charge in [-0.05, 0) is 41.9 Å². The van der Waals surface area contributed by atoms with Crippen molar-refractivity contribution in [2.75, 3.05) is 0 Å². The maximum atomic E-state index is 3.24. The van der Waals surface area contributed by atoms with Crippen molar-refractivity contribution in [2.24, 2.45) is 11.3 Å². The molecule has 0 aromatic carbocycles. The second-order valence-corrected chi connectivity index (χ2v) is 5.36. The van der Waals surface area contributed by atoms with Crippen molar-refractivity contribution in [3.05, 3.63) is 59.5 Å². The van der Waals surface area contributed by atoms with Crippen LogP contribution >= 0.6 is 0 Å². The Balaban J connectivity index is 1.91. The minimum Gasteiger partial charge on any atom is -0.367 e. The molecule has 1 spiro atoms. The predicted octanol–water partition coefficient (Wildman–Crippen LogP) is 3.21. The lowest BCUT2D eigenvalue weighted by Gasteiger charge is -2.32. The van der Waals surface area contributed by atoms with Gasteiger partial charge in [0.25, 0.3) is 0 Å². The standard InChI is InChI=1S/C15H15N/c1-2-11-8-15(5-6-15)9-12-4-7-16-10-13(3-1)14(11)12/h1-4,7,9-10,14,16H,5-6,8H2. The Kier molecular flexibility index (Phi) is 1.50. The largest absolute Gasteiger partial charge is 0.367 e. The van der Waals surface area contributed by atoms with E-state index in [0.29, 0.717) is 11.3 Å². The molecule has 1 atom stereocenters. The molecule has 1 saturated carbocycles. The summed E-state index contributed by atoms with van der Waals surface area (Å²) < 4.78 is 0. The third kappa shape index (κ3) is 1.12. The highest BCUT2D eigenvalue weighted by Crippen LogP contribution is 2.58. The molecule has 0 saturated heterocycles. The van der Waals surface area contributed by atoms with E-state index in [9.17, 15) is 0 Å². The Bertz CT molecular complexity index is 496. The molecule has 1 heteroatoms. The van der Waals surface area contributed by atoms with E-state index in [1.54, 1.807) is 5.57 Å². The van der Waals surface area contributed by atoms with Gasteiger partial charge in [0.2, 0.25) is 0 Å². The molecule has 1 aliphatic heterocycles. The highest BCUT2D eigenvalue weighted by atomic mass is 14.8. The third-order valence-corrected chi connectivity index (χ3v) is 4.18. The molecule has 0 amide bonds. The van der Waals surface area contributed by atoms with E-state index in [1.165, 1.54) is 30.4 Å². The van der Waals surface area contributed by atoms with Gasteiger partial charge in [-0.3, -0.25) is 0 Å². The predicted molar refractivity (Wildman–Crippen MR) is 65.4 cm³/mol. The van der Waals surface area contributed by atoms with Crippen LogP contribution in [-0.2, 0) is 0 Å². The maximum Gasteiger partial charge on any atom is 0.0314 e. The summed E-state index contributed by atoms with van der Waals surface area (Å²) >= 11 is 0. The molecule has 1 heterocycles. The Morgan fingerprint density at radius 1 is 1.19 bits per heavy atom. The lowest BCUT2D eigenvalue weighted by molar-refractivity contribution is 0.566. The second kappa shape index (κ2) is 2.79. The van der Waals surface area contributed by atoms with Crippen LogP contribution in [-0.4, -0.2) is 0 Å². The zero-order chi connectivity index (χ0) is 10.6. The van der Waals surface area contributed by atoms with Gasteiger partial charge < -0.3 is 5.32 Å². The van der Waals surface area contributed by atoms with E-state index in [4.69, 9.17) is 0 Å². The SMILES string of the molecule is C1=CC2=CNC=CC3=CC4(CC4)CC(=C1)C23. The summed E-state index contributed by atoms with van der Waals surface area (Å²) in [6.45, 7) is 0. The van der Waals surface area contributed by atoms with Crippen molar-refractivity contribution in [1.82, 2.24) is 5.32 Å². The van der Waals surface area contributed by atoms with Gasteiger partial charge in [0, 0.05) is 18.3 Å². The summed E-state index contributed by atoms with van der Waals surface area (Å²) in [7, 11) is 0. The molecule has 80 valence electrons. The van der Waals surface area contributed by atoms with Crippen molar-refractivity contribution >= 4 is 0 Å². The topological polar surface area (TPSA) is 12.0 Å². The quantitative estimate of drug-likeness (QED) is 0.646. The Morgan fingerprint density at radius 2 is 2.12 bits per heavy atom. The molecular formula is C15H15N. The minimum atomic E-state index is 0.530. The van der Waals surface area contributed by atoms with Crippen molar-refractivity contribution in [2.45, 2.75) is 19.3 Å². The van der Waals surface area contributed by atoms with Crippen molar-refractivity contribution in [1.29, 1.82) is 0 Å². The van der Waals surface area contributed by atoms with Gasteiger partial charge in [0.15, 0.2) is 0 Å². The third-order valence-electron chi connectivity index (χ3n) is 4.18. The van der Waals surface area contributed by atoms with E-state index in [0.717, 1.165) is 0 Å². The fourth-order valence-corrected chi connectivity index (χ4v) is 3.20. The molecule has 0 aromatic heterocycles. The van der Waals surface area contributed by atoms with Gasteiger partial charge in [0.05, 0.1) is 0 Å². The van der Waals surface area contributed by atoms with Gasteiger partial charge in [0.1, 0.15) is 0 Å². The summed E-state index contributed by atoms with van der Waals surface area (Å²) in [6.07, 6.45) is 19.8. The summed E-state index contributed by atoms with van der Waals surface area (Å²) in [6, 6.07) is 0. The number of nitrogens with one attached hydrogen (secondary N) is 1. The normalized spacial score (nSPS) is 32.0. The van der Waals surface area contributed by atoms with Gasteiger partial charge >= 0.3 is 0 Å². The van der Waals surface area contributed by atoms with Crippen molar-refractivity contribution in [3.63, 3.8) is 0 Å². The average Bonchev–Trinajstić information content (AvgIpc) is 3.05. The Morgan fingerprint density at radius 3 is 3.00 bits per heavy atom. The van der Waals surface area contributed by atoms with Crippen molar-refractivity contribution in [3.8, 4) is 0 Å². The second-order valence-electron chi connectivity index (χ2n) is 5.36. The minimum absolute atomic E-state index is 0.530. The van der Waals surface area contributed by atoms with Crippen LogP contribution in [0.5, 0.6) is 0 Å². The molecule has 1 unspecified atom stereocenters. The van der Waals surface area contributed by atoms with Crippen LogP contribution in [0.2, 0.25) is 0 Å². The van der Waals surface area contributed by atoms with Crippen LogP contribution < -0.4 is 5.32 Å². The van der Waals surface area contributed by atoms with Crippen LogP contribution in [0.15, 0.2) is 59.5 Å². The number of hydrogen-bond acceptors (Lipinski definition) is 1. The van der Waals surface area contributed by atoms with Crippen LogP contribution in [0.1, 0.15) is 19.3 Å². The van der Waals surface area contributed by atoms with Crippen LogP contribution in [0, 0.1) is 11.3 Å². The Hall–Kier alpha value is -1.50. The monoisotopic (exact) mass is 209 g/mol. The summed E-state index contributed by atoms with van der Waals surface area (Å²) in [4.78, 5) is 0. The van der Waals surface area contributed by atoms with Crippen LogP contribution in [0.25, 0.3) is 0 Å². The molecular weight excluding hydrogens is 194 g/mol. The summed E-state index contributed by atoms with van der Waals surface area (Å²) in [5.74, 6) is 0.530. The molecule has 4 aliphatic rings. The van der Waals surface area contributed by atoms with Crippen LogP contribution in [0.4, 0.5) is 0 Å². The molecule has 0 bridgehead atoms.